The van der Waals surface area contributed by atoms with Gasteiger partial charge in [-0.3, -0.25) is 14.9 Å². The highest BCUT2D eigenvalue weighted by molar-refractivity contribution is 7.14. The number of aromatic nitrogens is 1. The molecule has 2 heterocycles. The molecule has 1 aliphatic rings. The zero-order valence-electron chi connectivity index (χ0n) is 16.9. The van der Waals surface area contributed by atoms with E-state index in [4.69, 9.17) is 4.74 Å². The Morgan fingerprint density at radius 3 is 2.55 bits per heavy atom. The number of nitrogens with zero attached hydrogens (tertiary/aromatic N) is 2. The van der Waals surface area contributed by atoms with Crippen molar-refractivity contribution >= 4 is 39.9 Å². The van der Waals surface area contributed by atoms with Crippen LogP contribution in [0.4, 0.5) is 10.8 Å². The van der Waals surface area contributed by atoms with Crippen molar-refractivity contribution in [1.29, 1.82) is 0 Å². The first-order valence-electron chi connectivity index (χ1n) is 9.94. The second-order valence-electron chi connectivity index (χ2n) is 7.14. The van der Waals surface area contributed by atoms with Gasteiger partial charge in [-0.2, -0.15) is 0 Å². The van der Waals surface area contributed by atoms with Crippen LogP contribution in [0.5, 0.6) is 0 Å². The third-order valence-corrected chi connectivity index (χ3v) is 5.70. The lowest BCUT2D eigenvalue weighted by Crippen LogP contribution is -2.30. The van der Waals surface area contributed by atoms with Crippen LogP contribution in [0.2, 0.25) is 0 Å². The molecule has 1 saturated heterocycles. The van der Waals surface area contributed by atoms with Crippen LogP contribution >= 0.6 is 11.3 Å². The van der Waals surface area contributed by atoms with Crippen molar-refractivity contribution < 1.29 is 19.1 Å². The molecule has 2 aromatic carbocycles. The van der Waals surface area contributed by atoms with Crippen LogP contribution < -0.4 is 10.2 Å². The minimum Gasteiger partial charge on any atom is -0.449 e. The van der Waals surface area contributed by atoms with Gasteiger partial charge in [-0.15, -0.1) is 11.3 Å². The molecule has 7 nitrogen and oxygen atoms in total. The molecule has 158 valence electrons. The first kappa shape index (κ1) is 20.7. The second-order valence-corrected chi connectivity index (χ2v) is 7.99. The summed E-state index contributed by atoms with van der Waals surface area (Å²) in [6.07, 6.45) is 0.389. The van der Waals surface area contributed by atoms with Crippen LogP contribution in [-0.2, 0) is 14.3 Å². The molecular weight excluding hydrogens is 414 g/mol. The summed E-state index contributed by atoms with van der Waals surface area (Å²) in [7, 11) is 0. The van der Waals surface area contributed by atoms with E-state index in [1.54, 1.807) is 29.2 Å². The summed E-state index contributed by atoms with van der Waals surface area (Å²) >= 11 is 1.30. The van der Waals surface area contributed by atoms with Gasteiger partial charge in [0.1, 0.15) is 0 Å². The van der Waals surface area contributed by atoms with Gasteiger partial charge in [0, 0.05) is 29.6 Å². The molecule has 8 heteroatoms. The number of esters is 1. The smallest absolute Gasteiger partial charge is 0.338 e. The normalized spacial score (nSPS) is 14.4. The summed E-state index contributed by atoms with van der Waals surface area (Å²) < 4.78 is 5.29. The monoisotopic (exact) mass is 435 g/mol. The molecule has 0 aliphatic carbocycles. The lowest BCUT2D eigenvalue weighted by Gasteiger charge is -2.16. The van der Waals surface area contributed by atoms with Gasteiger partial charge < -0.3 is 9.64 Å². The number of carbonyl (C=O) groups is 3. The summed E-state index contributed by atoms with van der Waals surface area (Å²) in [5.74, 6) is -0.981. The minimum absolute atomic E-state index is 0.0817. The highest BCUT2D eigenvalue weighted by Crippen LogP contribution is 2.25. The van der Waals surface area contributed by atoms with Crippen molar-refractivity contribution in [2.24, 2.45) is 0 Å². The third kappa shape index (κ3) is 4.80. The van der Waals surface area contributed by atoms with Crippen molar-refractivity contribution in [3.8, 4) is 11.3 Å². The molecule has 3 aromatic rings. The SMILES string of the molecule is CC(OC(=O)c1ccc(N2CCCC2=O)cc1)C(=O)Nc1nc(-c2ccccc2)cs1. The molecule has 1 fully saturated rings. The lowest BCUT2D eigenvalue weighted by atomic mass is 10.2. The predicted molar refractivity (Wildman–Crippen MR) is 119 cm³/mol. The van der Waals surface area contributed by atoms with E-state index < -0.39 is 18.0 Å². The molecule has 0 saturated carbocycles. The number of hydrogen-bond acceptors (Lipinski definition) is 6. The molecule has 0 radical (unpaired) electrons. The molecule has 1 atom stereocenters. The fraction of sp³-hybridized carbons (Fsp3) is 0.217. The Hall–Kier alpha value is -3.52. The minimum atomic E-state index is -0.989. The predicted octanol–water partition coefficient (Wildman–Crippen LogP) is 4.12. The van der Waals surface area contributed by atoms with Gasteiger partial charge in [-0.1, -0.05) is 30.3 Å². The van der Waals surface area contributed by atoms with Gasteiger partial charge in [0.15, 0.2) is 11.2 Å². The van der Waals surface area contributed by atoms with Crippen LogP contribution in [0.3, 0.4) is 0 Å². The quantitative estimate of drug-likeness (QED) is 0.589. The number of amides is 2. The van der Waals surface area contributed by atoms with Crippen molar-refractivity contribution in [2.75, 3.05) is 16.8 Å². The van der Waals surface area contributed by atoms with Crippen molar-refractivity contribution in [1.82, 2.24) is 4.98 Å². The summed E-state index contributed by atoms with van der Waals surface area (Å²) in [6, 6.07) is 16.3. The van der Waals surface area contributed by atoms with E-state index in [-0.39, 0.29) is 5.91 Å². The van der Waals surface area contributed by atoms with E-state index >= 15 is 0 Å². The molecule has 2 amide bonds. The number of carbonyl (C=O) groups excluding carboxylic acids is 3. The molecule has 1 aliphatic heterocycles. The molecule has 1 N–H and O–H groups in total. The molecule has 31 heavy (non-hydrogen) atoms. The maximum atomic E-state index is 12.4. The number of thiazole rings is 1. The topological polar surface area (TPSA) is 88.6 Å². The molecular formula is C23H21N3O4S. The lowest BCUT2D eigenvalue weighted by molar-refractivity contribution is -0.123. The zero-order valence-corrected chi connectivity index (χ0v) is 17.7. The Kier molecular flexibility index (Phi) is 6.08. The van der Waals surface area contributed by atoms with Gasteiger partial charge in [0.2, 0.25) is 5.91 Å². The van der Waals surface area contributed by atoms with Gasteiger partial charge in [0.05, 0.1) is 11.3 Å². The first-order valence-corrected chi connectivity index (χ1v) is 10.8. The van der Waals surface area contributed by atoms with E-state index in [1.165, 1.54) is 18.3 Å². The maximum Gasteiger partial charge on any atom is 0.338 e. The third-order valence-electron chi connectivity index (χ3n) is 4.95. The maximum absolute atomic E-state index is 12.4. The number of ether oxygens (including phenoxy) is 1. The van der Waals surface area contributed by atoms with E-state index in [1.807, 2.05) is 35.7 Å². The van der Waals surface area contributed by atoms with E-state index in [0.29, 0.717) is 23.7 Å². The van der Waals surface area contributed by atoms with Gasteiger partial charge >= 0.3 is 5.97 Å². The standard InChI is InChI=1S/C23H21N3O4S/c1-15(21(28)25-23-24-19(14-31-23)16-6-3-2-4-7-16)30-22(29)17-9-11-18(12-10-17)26-13-5-8-20(26)27/h2-4,6-7,9-12,14-15H,5,8,13H2,1H3,(H,24,25,28). The molecule has 0 bridgehead atoms. The molecule has 1 unspecified atom stereocenters. The first-order chi connectivity index (χ1) is 15.0. The summed E-state index contributed by atoms with van der Waals surface area (Å²) in [6.45, 7) is 2.19. The molecule has 4 rings (SSSR count). The van der Waals surface area contributed by atoms with Crippen LogP contribution in [0, 0.1) is 0 Å². The van der Waals surface area contributed by atoms with E-state index in [2.05, 4.69) is 10.3 Å². The summed E-state index contributed by atoms with van der Waals surface area (Å²) in [5.41, 5.74) is 2.79. The highest BCUT2D eigenvalue weighted by Gasteiger charge is 2.23. The average Bonchev–Trinajstić information content (AvgIpc) is 3.43. The largest absolute Gasteiger partial charge is 0.449 e. The van der Waals surface area contributed by atoms with Crippen molar-refractivity contribution in [3.63, 3.8) is 0 Å². The van der Waals surface area contributed by atoms with Crippen molar-refractivity contribution in [3.05, 3.63) is 65.5 Å². The van der Waals surface area contributed by atoms with Crippen molar-refractivity contribution in [2.45, 2.75) is 25.9 Å². The Morgan fingerprint density at radius 2 is 1.87 bits per heavy atom. The van der Waals surface area contributed by atoms with Gasteiger partial charge in [0.25, 0.3) is 5.91 Å². The number of hydrogen-bond donors (Lipinski definition) is 1. The highest BCUT2D eigenvalue weighted by atomic mass is 32.1. The van der Waals surface area contributed by atoms with Gasteiger partial charge in [-0.05, 0) is 37.6 Å². The van der Waals surface area contributed by atoms with Crippen LogP contribution in [0.15, 0.2) is 60.0 Å². The summed E-state index contributed by atoms with van der Waals surface area (Å²) in [5, 5.41) is 4.98. The number of nitrogens with one attached hydrogen (secondary N) is 1. The Balaban J connectivity index is 1.34. The number of rotatable bonds is 6. The number of anilines is 2. The second kappa shape index (κ2) is 9.09. The van der Waals surface area contributed by atoms with Gasteiger partial charge in [-0.25, -0.2) is 9.78 Å². The summed E-state index contributed by atoms with van der Waals surface area (Å²) in [4.78, 5) is 42.8. The Labute approximate surface area is 183 Å². The number of benzene rings is 2. The Bertz CT molecular complexity index is 1100. The van der Waals surface area contributed by atoms with E-state index in [9.17, 15) is 14.4 Å². The van der Waals surface area contributed by atoms with Crippen LogP contribution in [0.1, 0.15) is 30.1 Å². The fourth-order valence-electron chi connectivity index (χ4n) is 3.26. The van der Waals surface area contributed by atoms with Crippen LogP contribution in [0.25, 0.3) is 11.3 Å². The fourth-order valence-corrected chi connectivity index (χ4v) is 3.98. The molecule has 0 spiro atoms. The van der Waals surface area contributed by atoms with Crippen LogP contribution in [-0.4, -0.2) is 35.4 Å². The average molecular weight is 436 g/mol. The van der Waals surface area contributed by atoms with E-state index in [0.717, 1.165) is 23.4 Å². The zero-order chi connectivity index (χ0) is 21.8. The molecule has 1 aromatic heterocycles. The Morgan fingerprint density at radius 1 is 1.13 bits per heavy atom.